The van der Waals surface area contributed by atoms with Crippen molar-refractivity contribution < 1.29 is 9.22 Å². The first-order chi connectivity index (χ1) is 8.15. The van der Waals surface area contributed by atoms with Gasteiger partial charge in [-0.3, -0.25) is 4.79 Å². The molecule has 0 aromatic rings. The van der Waals surface area contributed by atoms with E-state index in [0.717, 1.165) is 25.1 Å². The van der Waals surface area contributed by atoms with E-state index in [9.17, 15) is 4.79 Å². The maximum atomic E-state index is 11.6. The largest absolute Gasteiger partial charge is 0.416 e. The minimum atomic E-state index is -1.67. The maximum Gasteiger partial charge on any atom is 0.226 e. The summed E-state index contributed by atoms with van der Waals surface area (Å²) in [6, 6.07) is 0. The van der Waals surface area contributed by atoms with Gasteiger partial charge in [0, 0.05) is 31.7 Å². The Labute approximate surface area is 112 Å². The Bertz CT molecular complexity index is 331. The Morgan fingerprint density at radius 2 is 2.06 bits per heavy atom. The minimum absolute atomic E-state index is 0.215. The molecule has 4 heteroatoms. The van der Waals surface area contributed by atoms with Crippen LogP contribution in [0.3, 0.4) is 0 Å². The van der Waals surface area contributed by atoms with Crippen LogP contribution in [-0.4, -0.2) is 32.3 Å². The molecule has 0 unspecified atom stereocenters. The molecule has 1 aliphatic rings. The maximum absolute atomic E-state index is 11.6. The molecule has 1 aliphatic heterocycles. The van der Waals surface area contributed by atoms with E-state index in [1.165, 1.54) is 0 Å². The molecule has 1 saturated heterocycles. The molecule has 1 amide bonds. The van der Waals surface area contributed by atoms with Crippen molar-refractivity contribution >= 4 is 14.2 Å². The van der Waals surface area contributed by atoms with Crippen molar-refractivity contribution in [2.75, 3.05) is 13.2 Å². The summed E-state index contributed by atoms with van der Waals surface area (Å²) in [4.78, 5) is 13.4. The highest BCUT2D eigenvalue weighted by Gasteiger charge is 2.37. The van der Waals surface area contributed by atoms with Gasteiger partial charge >= 0.3 is 0 Å². The van der Waals surface area contributed by atoms with Crippen LogP contribution in [0, 0.1) is 0 Å². The van der Waals surface area contributed by atoms with E-state index in [4.69, 9.17) is 4.43 Å². The summed E-state index contributed by atoms with van der Waals surface area (Å²) in [5, 5.41) is 0.234. The topological polar surface area (TPSA) is 29.5 Å². The fraction of sp³-hybridized carbons (Fsp3) is 0.786. The summed E-state index contributed by atoms with van der Waals surface area (Å²) < 4.78 is 6.10. The van der Waals surface area contributed by atoms with E-state index < -0.39 is 8.32 Å². The van der Waals surface area contributed by atoms with Crippen LogP contribution < -0.4 is 0 Å². The van der Waals surface area contributed by atoms with Crippen LogP contribution >= 0.6 is 0 Å². The number of amides is 1. The molecule has 1 rings (SSSR count). The number of carbonyl (C=O) groups is 1. The summed E-state index contributed by atoms with van der Waals surface area (Å²) in [6.45, 7) is 16.7. The van der Waals surface area contributed by atoms with Crippen LogP contribution in [0.1, 0.15) is 40.0 Å². The Morgan fingerprint density at radius 3 is 2.50 bits per heavy atom. The molecule has 18 heavy (non-hydrogen) atoms. The molecule has 104 valence electrons. The molecule has 0 spiro atoms. The quantitative estimate of drug-likeness (QED) is 0.715. The predicted octanol–water partition coefficient (Wildman–Crippen LogP) is 3.53. The first-order valence-corrected chi connectivity index (χ1v) is 9.68. The van der Waals surface area contributed by atoms with Gasteiger partial charge in [0.15, 0.2) is 8.32 Å². The average molecular weight is 269 g/mol. The second kappa shape index (κ2) is 5.57. The molecular weight excluding hydrogens is 242 g/mol. The molecule has 0 radical (unpaired) electrons. The smallest absolute Gasteiger partial charge is 0.226 e. The highest BCUT2D eigenvalue weighted by Crippen LogP contribution is 2.36. The van der Waals surface area contributed by atoms with Gasteiger partial charge in [0.2, 0.25) is 5.91 Å². The molecule has 3 nitrogen and oxygen atoms in total. The van der Waals surface area contributed by atoms with Crippen molar-refractivity contribution in [3.8, 4) is 0 Å². The van der Waals surface area contributed by atoms with Crippen LogP contribution in [0.4, 0.5) is 0 Å². The van der Waals surface area contributed by atoms with Crippen LogP contribution in [-0.2, 0) is 9.22 Å². The van der Waals surface area contributed by atoms with Crippen LogP contribution in [0.15, 0.2) is 12.3 Å². The fourth-order valence-electron chi connectivity index (χ4n) is 1.76. The van der Waals surface area contributed by atoms with Crippen molar-refractivity contribution in [3.63, 3.8) is 0 Å². The van der Waals surface area contributed by atoms with Gasteiger partial charge < -0.3 is 9.33 Å². The number of hydrogen-bond donors (Lipinski definition) is 0. The van der Waals surface area contributed by atoms with E-state index >= 15 is 0 Å². The Morgan fingerprint density at radius 1 is 1.44 bits per heavy atom. The number of carbonyl (C=O) groups excluding carboxylic acids is 1. The zero-order valence-electron chi connectivity index (χ0n) is 12.5. The van der Waals surface area contributed by atoms with Crippen molar-refractivity contribution in [2.24, 2.45) is 0 Å². The minimum Gasteiger partial charge on any atom is -0.416 e. The molecule has 0 aromatic heterocycles. The summed E-state index contributed by atoms with van der Waals surface area (Å²) in [5.74, 6) is 0.215. The van der Waals surface area contributed by atoms with Crippen molar-refractivity contribution in [2.45, 2.75) is 58.2 Å². The predicted molar refractivity (Wildman–Crippen MR) is 77.9 cm³/mol. The summed E-state index contributed by atoms with van der Waals surface area (Å²) >= 11 is 0. The number of likely N-dealkylation sites (tertiary alicyclic amines) is 1. The third-order valence-corrected chi connectivity index (χ3v) is 8.65. The van der Waals surface area contributed by atoms with Crippen LogP contribution in [0.2, 0.25) is 18.1 Å². The molecule has 0 bridgehead atoms. The van der Waals surface area contributed by atoms with Crippen molar-refractivity contribution in [3.05, 3.63) is 12.3 Å². The molecular formula is C14H27NO2Si. The highest BCUT2D eigenvalue weighted by molar-refractivity contribution is 6.74. The monoisotopic (exact) mass is 269 g/mol. The van der Waals surface area contributed by atoms with Crippen molar-refractivity contribution in [1.82, 2.24) is 4.90 Å². The number of hydrogen-bond acceptors (Lipinski definition) is 2. The van der Waals surface area contributed by atoms with Gasteiger partial charge in [-0.15, -0.1) is 0 Å². The van der Waals surface area contributed by atoms with Gasteiger partial charge in [-0.1, -0.05) is 27.4 Å². The average Bonchev–Trinajstić information content (AvgIpc) is 2.62. The molecule has 0 aromatic carbocycles. The van der Waals surface area contributed by atoms with E-state index in [1.54, 1.807) is 0 Å². The van der Waals surface area contributed by atoms with Gasteiger partial charge in [0.25, 0.3) is 0 Å². The normalized spacial score (nSPS) is 17.4. The highest BCUT2D eigenvalue weighted by atomic mass is 28.4. The summed E-state index contributed by atoms with van der Waals surface area (Å²) in [7, 11) is -1.67. The van der Waals surface area contributed by atoms with Crippen LogP contribution in [0.5, 0.6) is 0 Å². The molecule has 1 heterocycles. The SMILES string of the molecule is C=C(CCO[Si](C)(C)C(C)(C)C)N1CCCC1=O. The number of rotatable bonds is 5. The standard InChI is InChI=1S/C14H27NO2Si/c1-12(15-10-7-8-13(15)16)9-11-17-18(5,6)14(2,3)4/h1,7-11H2,2-6H3. The Hall–Kier alpha value is -0.613. The zero-order valence-corrected chi connectivity index (χ0v) is 13.5. The molecule has 0 N–H and O–H groups in total. The zero-order chi connectivity index (χ0) is 14.0. The lowest BCUT2D eigenvalue weighted by Crippen LogP contribution is -2.41. The summed E-state index contributed by atoms with van der Waals surface area (Å²) in [5.41, 5.74) is 0.913. The summed E-state index contributed by atoms with van der Waals surface area (Å²) in [6.07, 6.45) is 2.39. The van der Waals surface area contributed by atoms with E-state index in [2.05, 4.69) is 40.4 Å². The molecule has 0 saturated carbocycles. The third-order valence-electron chi connectivity index (χ3n) is 4.11. The lowest BCUT2D eigenvalue weighted by molar-refractivity contribution is -0.126. The number of nitrogens with zero attached hydrogens (tertiary/aromatic N) is 1. The van der Waals surface area contributed by atoms with Gasteiger partial charge in [-0.05, 0) is 24.6 Å². The first-order valence-electron chi connectivity index (χ1n) is 6.77. The molecule has 1 fully saturated rings. The second-order valence-corrected chi connectivity index (χ2v) is 11.4. The van der Waals surface area contributed by atoms with Gasteiger partial charge in [0.1, 0.15) is 0 Å². The molecule has 0 aliphatic carbocycles. The fourth-order valence-corrected chi connectivity index (χ4v) is 2.80. The van der Waals surface area contributed by atoms with E-state index in [1.807, 2.05) is 4.90 Å². The second-order valence-electron chi connectivity index (χ2n) is 6.57. The Kier molecular flexibility index (Phi) is 4.78. The van der Waals surface area contributed by atoms with Crippen LogP contribution in [0.25, 0.3) is 0 Å². The van der Waals surface area contributed by atoms with E-state index in [0.29, 0.717) is 13.0 Å². The van der Waals surface area contributed by atoms with E-state index in [-0.39, 0.29) is 10.9 Å². The third kappa shape index (κ3) is 3.69. The van der Waals surface area contributed by atoms with Crippen molar-refractivity contribution in [1.29, 1.82) is 0 Å². The molecule has 0 atom stereocenters. The van der Waals surface area contributed by atoms with Gasteiger partial charge in [-0.25, -0.2) is 0 Å². The lowest BCUT2D eigenvalue weighted by atomic mass is 10.2. The Balaban J connectivity index is 2.38. The first kappa shape index (κ1) is 15.4. The van der Waals surface area contributed by atoms with Gasteiger partial charge in [0.05, 0.1) is 0 Å². The van der Waals surface area contributed by atoms with Gasteiger partial charge in [-0.2, -0.15) is 0 Å². The lowest BCUT2D eigenvalue weighted by Gasteiger charge is -2.36.